The lowest BCUT2D eigenvalue weighted by Crippen LogP contribution is -2.43. The molecule has 1 aliphatic heterocycles. The predicted octanol–water partition coefficient (Wildman–Crippen LogP) is 1.41. The Balaban J connectivity index is 1.72. The fourth-order valence-electron chi connectivity index (χ4n) is 2.82. The van der Waals surface area contributed by atoms with E-state index in [4.69, 9.17) is 5.11 Å². The van der Waals surface area contributed by atoms with E-state index in [9.17, 15) is 9.59 Å². The second-order valence-corrected chi connectivity index (χ2v) is 5.55. The smallest absolute Gasteiger partial charge is 0.303 e. The lowest BCUT2D eigenvalue weighted by Gasteiger charge is -2.27. The molecule has 5 heteroatoms. The summed E-state index contributed by atoms with van der Waals surface area (Å²) in [6.45, 7) is 0. The minimum atomic E-state index is -0.721. The fraction of sp³-hybridized carbons (Fsp3) is 0.467. The standard InChI is InChI=1S/C15H20BNO3/c18-14(8-11-4-2-1-3-5-11)17-13-7-6-12(10-16-13)9-15(19)20/h1-5,12-13,16H,6-10H2,(H,17,18)(H,19,20). The Morgan fingerprint density at radius 1 is 1.25 bits per heavy atom. The quantitative estimate of drug-likeness (QED) is 0.797. The van der Waals surface area contributed by atoms with Crippen molar-refractivity contribution in [3.05, 3.63) is 35.9 Å². The van der Waals surface area contributed by atoms with E-state index >= 15 is 0 Å². The van der Waals surface area contributed by atoms with E-state index in [0.29, 0.717) is 6.42 Å². The van der Waals surface area contributed by atoms with Gasteiger partial charge in [-0.2, -0.15) is 0 Å². The maximum Gasteiger partial charge on any atom is 0.303 e. The van der Waals surface area contributed by atoms with Crippen molar-refractivity contribution >= 4 is 19.2 Å². The van der Waals surface area contributed by atoms with Gasteiger partial charge in [0.25, 0.3) is 0 Å². The molecule has 0 bridgehead atoms. The molecule has 2 rings (SSSR count). The normalized spacial score (nSPS) is 21.8. The van der Waals surface area contributed by atoms with Crippen LogP contribution in [0.2, 0.25) is 6.32 Å². The van der Waals surface area contributed by atoms with Crippen LogP contribution >= 0.6 is 0 Å². The van der Waals surface area contributed by atoms with Gasteiger partial charge in [0.15, 0.2) is 0 Å². The molecular formula is C15H20BNO3. The molecule has 0 radical (unpaired) electrons. The largest absolute Gasteiger partial charge is 0.481 e. The first-order valence-electron chi connectivity index (χ1n) is 7.18. The van der Waals surface area contributed by atoms with Crippen LogP contribution in [-0.4, -0.2) is 30.2 Å². The van der Waals surface area contributed by atoms with Gasteiger partial charge in [0.2, 0.25) is 5.91 Å². The van der Waals surface area contributed by atoms with Gasteiger partial charge in [0, 0.05) is 12.4 Å². The van der Waals surface area contributed by atoms with E-state index in [-0.39, 0.29) is 24.2 Å². The van der Waals surface area contributed by atoms with Gasteiger partial charge in [-0.3, -0.25) is 9.59 Å². The number of rotatable bonds is 5. The van der Waals surface area contributed by atoms with Gasteiger partial charge in [-0.1, -0.05) is 36.7 Å². The molecule has 1 aliphatic rings. The van der Waals surface area contributed by atoms with Gasteiger partial charge in [0.1, 0.15) is 7.28 Å². The average molecular weight is 273 g/mol. The minimum absolute atomic E-state index is 0.0536. The van der Waals surface area contributed by atoms with Gasteiger partial charge in [-0.05, 0) is 24.3 Å². The molecule has 4 nitrogen and oxygen atoms in total. The van der Waals surface area contributed by atoms with Crippen molar-refractivity contribution in [2.45, 2.75) is 37.9 Å². The van der Waals surface area contributed by atoms with E-state index in [1.807, 2.05) is 30.3 Å². The zero-order chi connectivity index (χ0) is 14.4. The topological polar surface area (TPSA) is 66.4 Å². The first kappa shape index (κ1) is 14.6. The average Bonchev–Trinajstić information content (AvgIpc) is 2.41. The van der Waals surface area contributed by atoms with Gasteiger partial charge in [0.05, 0.1) is 6.42 Å². The third-order valence-electron chi connectivity index (χ3n) is 3.88. The third-order valence-corrected chi connectivity index (χ3v) is 3.88. The van der Waals surface area contributed by atoms with Crippen LogP contribution in [0.1, 0.15) is 24.8 Å². The van der Waals surface area contributed by atoms with Crippen molar-refractivity contribution in [2.75, 3.05) is 0 Å². The van der Waals surface area contributed by atoms with E-state index in [1.54, 1.807) is 0 Å². The van der Waals surface area contributed by atoms with Crippen molar-refractivity contribution in [1.29, 1.82) is 0 Å². The first-order chi connectivity index (χ1) is 9.63. The molecule has 1 fully saturated rings. The highest BCUT2D eigenvalue weighted by atomic mass is 16.4. The van der Waals surface area contributed by atoms with Crippen LogP contribution in [0.5, 0.6) is 0 Å². The number of benzene rings is 1. The number of nitrogens with one attached hydrogen (secondary N) is 1. The van der Waals surface area contributed by atoms with Gasteiger partial charge in [-0.15, -0.1) is 0 Å². The van der Waals surface area contributed by atoms with Crippen molar-refractivity contribution in [3.63, 3.8) is 0 Å². The Morgan fingerprint density at radius 2 is 2.00 bits per heavy atom. The highest BCUT2D eigenvalue weighted by molar-refractivity contribution is 6.38. The summed E-state index contributed by atoms with van der Waals surface area (Å²) in [5.41, 5.74) is 1.02. The first-order valence-corrected chi connectivity index (χ1v) is 7.18. The molecule has 1 aromatic rings. The lowest BCUT2D eigenvalue weighted by atomic mass is 9.56. The maximum absolute atomic E-state index is 11.9. The van der Waals surface area contributed by atoms with Crippen LogP contribution in [0.3, 0.4) is 0 Å². The molecule has 1 heterocycles. The third kappa shape index (κ3) is 4.72. The zero-order valence-corrected chi connectivity index (χ0v) is 11.5. The number of amides is 1. The van der Waals surface area contributed by atoms with E-state index in [0.717, 1.165) is 32.0 Å². The van der Waals surface area contributed by atoms with Crippen molar-refractivity contribution in [2.24, 2.45) is 5.92 Å². The zero-order valence-electron chi connectivity index (χ0n) is 11.5. The summed E-state index contributed by atoms with van der Waals surface area (Å²) >= 11 is 0. The van der Waals surface area contributed by atoms with Crippen LogP contribution in [0.15, 0.2) is 30.3 Å². The summed E-state index contributed by atoms with van der Waals surface area (Å²) in [6, 6.07) is 9.69. The van der Waals surface area contributed by atoms with Crippen LogP contribution in [0.25, 0.3) is 0 Å². The number of carbonyl (C=O) groups is 2. The summed E-state index contributed by atoms with van der Waals surface area (Å²) < 4.78 is 0. The van der Waals surface area contributed by atoms with E-state index < -0.39 is 5.97 Å². The number of hydrogen-bond acceptors (Lipinski definition) is 2. The summed E-state index contributed by atoms with van der Waals surface area (Å²) in [6.07, 6.45) is 3.34. The van der Waals surface area contributed by atoms with E-state index in [1.165, 1.54) is 0 Å². The maximum atomic E-state index is 11.9. The Labute approximate surface area is 119 Å². The number of aliphatic carboxylic acids is 1. The molecular weight excluding hydrogens is 253 g/mol. The number of carboxylic acid groups (broad SMARTS) is 1. The second-order valence-electron chi connectivity index (χ2n) is 5.55. The summed E-state index contributed by atoms with van der Waals surface area (Å²) in [5.74, 6) is -0.189. The summed E-state index contributed by atoms with van der Waals surface area (Å²) in [5, 5.41) is 11.8. The number of carboxylic acids is 1. The van der Waals surface area contributed by atoms with Crippen molar-refractivity contribution in [3.8, 4) is 0 Å². The van der Waals surface area contributed by atoms with Gasteiger partial charge >= 0.3 is 5.97 Å². The number of hydrogen-bond donors (Lipinski definition) is 2. The highest BCUT2D eigenvalue weighted by Gasteiger charge is 2.24. The summed E-state index contributed by atoms with van der Waals surface area (Å²) in [7, 11) is 0.887. The van der Waals surface area contributed by atoms with Crippen LogP contribution in [-0.2, 0) is 16.0 Å². The molecule has 1 saturated heterocycles. The minimum Gasteiger partial charge on any atom is -0.481 e. The van der Waals surface area contributed by atoms with Gasteiger partial charge in [-0.25, -0.2) is 0 Å². The number of carbonyl (C=O) groups excluding carboxylic acids is 1. The molecule has 1 aromatic carbocycles. The van der Waals surface area contributed by atoms with E-state index in [2.05, 4.69) is 5.32 Å². The molecule has 2 unspecified atom stereocenters. The second kappa shape index (κ2) is 7.13. The van der Waals surface area contributed by atoms with Crippen LogP contribution < -0.4 is 5.32 Å². The molecule has 0 spiro atoms. The monoisotopic (exact) mass is 273 g/mol. The SMILES string of the molecule is O=C(O)CC1CBC(NC(=O)Cc2ccccc2)CC1. The Kier molecular flexibility index (Phi) is 5.21. The van der Waals surface area contributed by atoms with Crippen molar-refractivity contribution in [1.82, 2.24) is 5.32 Å². The fourth-order valence-corrected chi connectivity index (χ4v) is 2.82. The van der Waals surface area contributed by atoms with Crippen molar-refractivity contribution < 1.29 is 14.7 Å². The Bertz CT molecular complexity index is 455. The molecule has 0 aromatic heterocycles. The molecule has 2 atom stereocenters. The molecule has 0 aliphatic carbocycles. The molecule has 1 amide bonds. The highest BCUT2D eigenvalue weighted by Crippen LogP contribution is 2.23. The lowest BCUT2D eigenvalue weighted by molar-refractivity contribution is -0.138. The van der Waals surface area contributed by atoms with Crippen LogP contribution in [0.4, 0.5) is 0 Å². The Morgan fingerprint density at radius 3 is 2.60 bits per heavy atom. The summed E-state index contributed by atoms with van der Waals surface area (Å²) in [4.78, 5) is 22.6. The molecule has 20 heavy (non-hydrogen) atoms. The predicted molar refractivity (Wildman–Crippen MR) is 79.0 cm³/mol. The molecule has 0 saturated carbocycles. The van der Waals surface area contributed by atoms with Gasteiger partial charge < -0.3 is 10.4 Å². The van der Waals surface area contributed by atoms with Crippen LogP contribution in [0, 0.1) is 5.92 Å². The molecule has 2 N–H and O–H groups in total. The molecule has 106 valence electrons. The Hall–Kier alpha value is -1.78.